The predicted molar refractivity (Wildman–Crippen MR) is 72.6 cm³/mol. The minimum absolute atomic E-state index is 0.765. The van der Waals surface area contributed by atoms with E-state index in [4.69, 9.17) is 11.6 Å². The summed E-state index contributed by atoms with van der Waals surface area (Å²) in [6.07, 6.45) is 4.17. The molecular weight excluding hydrogens is 286 g/mol. The normalized spacial score (nSPS) is 27.8. The monoisotopic (exact) mass is 299 g/mol. The van der Waals surface area contributed by atoms with Crippen LogP contribution in [0, 0.1) is 5.92 Å². The van der Waals surface area contributed by atoms with E-state index in [2.05, 4.69) is 33.0 Å². The number of hydrogen-bond acceptors (Lipinski definition) is 1. The lowest BCUT2D eigenvalue weighted by Gasteiger charge is -2.31. The molecule has 2 fully saturated rings. The number of hydrogen-bond donors (Lipinski definition) is 0. The molecule has 1 aliphatic heterocycles. The molecule has 86 valence electrons. The summed E-state index contributed by atoms with van der Waals surface area (Å²) in [7, 11) is 0. The Morgan fingerprint density at radius 3 is 2.88 bits per heavy atom. The first-order valence-corrected chi connectivity index (χ1v) is 7.39. The highest BCUT2D eigenvalue weighted by molar-refractivity contribution is 9.08. The molecule has 1 heterocycles. The van der Waals surface area contributed by atoms with Crippen molar-refractivity contribution >= 4 is 33.2 Å². The van der Waals surface area contributed by atoms with Gasteiger partial charge in [-0.2, -0.15) is 0 Å². The molecule has 0 amide bonds. The molecule has 1 saturated heterocycles. The average molecular weight is 301 g/mol. The third-order valence-electron chi connectivity index (χ3n) is 3.95. The number of rotatable bonds is 2. The Labute approximate surface area is 110 Å². The largest absolute Gasteiger partial charge is 0.368 e. The summed E-state index contributed by atoms with van der Waals surface area (Å²) in [4.78, 5) is 2.57. The maximum absolute atomic E-state index is 6.25. The van der Waals surface area contributed by atoms with Gasteiger partial charge in [0, 0.05) is 34.2 Å². The second kappa shape index (κ2) is 4.23. The highest BCUT2D eigenvalue weighted by Crippen LogP contribution is 2.42. The Morgan fingerprint density at radius 2 is 2.25 bits per heavy atom. The summed E-state index contributed by atoms with van der Waals surface area (Å²) in [5, 5.41) is 1.73. The van der Waals surface area contributed by atoms with Crippen molar-refractivity contribution in [2.45, 2.75) is 30.6 Å². The van der Waals surface area contributed by atoms with Crippen molar-refractivity contribution in [3.8, 4) is 0 Å². The quantitative estimate of drug-likeness (QED) is 0.739. The third-order valence-corrected chi connectivity index (χ3v) is 4.86. The lowest BCUT2D eigenvalue weighted by Crippen LogP contribution is -2.32. The van der Waals surface area contributed by atoms with E-state index in [0.717, 1.165) is 22.3 Å². The standard InChI is InChI=1S/C13H15BrClN/c14-7-11-12(15)2-1-3-13(11)16-8-9-4-5-10(16)6-9/h1-3,9-10H,4-8H2. The number of anilines is 1. The maximum atomic E-state index is 6.25. The van der Waals surface area contributed by atoms with Gasteiger partial charge in [-0.25, -0.2) is 0 Å². The Morgan fingerprint density at radius 1 is 1.38 bits per heavy atom. The van der Waals surface area contributed by atoms with Crippen molar-refractivity contribution < 1.29 is 0 Å². The summed E-state index contributed by atoms with van der Waals surface area (Å²) < 4.78 is 0. The second-order valence-corrected chi connectivity index (χ2v) is 5.82. The van der Waals surface area contributed by atoms with Crippen LogP contribution in [0.2, 0.25) is 5.02 Å². The smallest absolute Gasteiger partial charge is 0.0467 e. The van der Waals surface area contributed by atoms with Crippen molar-refractivity contribution in [1.29, 1.82) is 0 Å². The van der Waals surface area contributed by atoms with Gasteiger partial charge in [-0.15, -0.1) is 0 Å². The number of fused-ring (bicyclic) bond motifs is 2. The van der Waals surface area contributed by atoms with Gasteiger partial charge >= 0.3 is 0 Å². The van der Waals surface area contributed by atoms with E-state index in [1.807, 2.05) is 6.07 Å². The van der Waals surface area contributed by atoms with Gasteiger partial charge in [0.2, 0.25) is 0 Å². The molecule has 1 aliphatic carbocycles. The van der Waals surface area contributed by atoms with Crippen LogP contribution in [0.3, 0.4) is 0 Å². The fourth-order valence-corrected chi connectivity index (χ4v) is 4.16. The molecule has 2 unspecified atom stereocenters. The van der Waals surface area contributed by atoms with Gasteiger partial charge in [-0.05, 0) is 37.3 Å². The van der Waals surface area contributed by atoms with E-state index in [9.17, 15) is 0 Å². The highest BCUT2D eigenvalue weighted by atomic mass is 79.9. The Kier molecular flexibility index (Phi) is 2.88. The predicted octanol–water partition coefficient (Wildman–Crippen LogP) is 4.22. The van der Waals surface area contributed by atoms with Crippen LogP contribution in [0.5, 0.6) is 0 Å². The summed E-state index contributed by atoms with van der Waals surface area (Å²) in [6, 6.07) is 7.02. The SMILES string of the molecule is Clc1cccc(N2CC3CCC2C3)c1CBr. The van der Waals surface area contributed by atoms with Gasteiger partial charge < -0.3 is 4.90 Å². The van der Waals surface area contributed by atoms with Crippen LogP contribution in [0.15, 0.2) is 18.2 Å². The molecular formula is C13H15BrClN. The zero-order chi connectivity index (χ0) is 11.1. The first-order valence-electron chi connectivity index (χ1n) is 5.89. The zero-order valence-corrected chi connectivity index (χ0v) is 11.5. The summed E-state index contributed by atoms with van der Waals surface area (Å²) in [6.45, 7) is 1.23. The highest BCUT2D eigenvalue weighted by Gasteiger charge is 2.38. The third kappa shape index (κ3) is 1.67. The minimum Gasteiger partial charge on any atom is -0.368 e. The van der Waals surface area contributed by atoms with Crippen molar-refractivity contribution in [3.05, 3.63) is 28.8 Å². The zero-order valence-electron chi connectivity index (χ0n) is 9.13. The van der Waals surface area contributed by atoms with Gasteiger partial charge in [-0.1, -0.05) is 33.6 Å². The molecule has 1 saturated carbocycles. The molecule has 1 nitrogen and oxygen atoms in total. The van der Waals surface area contributed by atoms with E-state index in [1.54, 1.807) is 0 Å². The first-order chi connectivity index (χ1) is 7.79. The topological polar surface area (TPSA) is 3.24 Å². The Balaban J connectivity index is 1.97. The van der Waals surface area contributed by atoms with Gasteiger partial charge in [0.05, 0.1) is 0 Å². The number of alkyl halides is 1. The Hall–Kier alpha value is -0.210. The van der Waals surface area contributed by atoms with Gasteiger partial charge in [0.1, 0.15) is 0 Å². The van der Waals surface area contributed by atoms with E-state index in [0.29, 0.717) is 0 Å². The molecule has 16 heavy (non-hydrogen) atoms. The lowest BCUT2D eigenvalue weighted by atomic mass is 10.1. The maximum Gasteiger partial charge on any atom is 0.0467 e. The average Bonchev–Trinajstić information content (AvgIpc) is 2.90. The van der Waals surface area contributed by atoms with Crippen LogP contribution in [-0.2, 0) is 5.33 Å². The van der Waals surface area contributed by atoms with E-state index < -0.39 is 0 Å². The van der Waals surface area contributed by atoms with Crippen LogP contribution in [-0.4, -0.2) is 12.6 Å². The van der Waals surface area contributed by atoms with Crippen LogP contribution in [0.1, 0.15) is 24.8 Å². The van der Waals surface area contributed by atoms with Gasteiger partial charge in [0.15, 0.2) is 0 Å². The second-order valence-electron chi connectivity index (χ2n) is 4.86. The summed E-state index contributed by atoms with van der Waals surface area (Å²) >= 11 is 9.80. The molecule has 1 aromatic carbocycles. The number of benzene rings is 1. The van der Waals surface area contributed by atoms with Crippen LogP contribution in [0.25, 0.3) is 0 Å². The molecule has 2 bridgehead atoms. The van der Waals surface area contributed by atoms with Crippen molar-refractivity contribution in [1.82, 2.24) is 0 Å². The summed E-state index contributed by atoms with van der Waals surface area (Å²) in [5.41, 5.74) is 2.59. The molecule has 3 rings (SSSR count). The first kappa shape index (κ1) is 10.9. The molecule has 2 atom stereocenters. The van der Waals surface area contributed by atoms with Crippen LogP contribution in [0.4, 0.5) is 5.69 Å². The van der Waals surface area contributed by atoms with Crippen molar-refractivity contribution in [2.75, 3.05) is 11.4 Å². The number of nitrogens with zero attached hydrogens (tertiary/aromatic N) is 1. The fourth-order valence-electron chi connectivity index (χ4n) is 3.17. The van der Waals surface area contributed by atoms with Crippen molar-refractivity contribution in [3.63, 3.8) is 0 Å². The van der Waals surface area contributed by atoms with Gasteiger partial charge in [0.25, 0.3) is 0 Å². The molecule has 2 aliphatic rings. The Bertz CT molecular complexity index is 407. The minimum atomic E-state index is 0.765. The summed E-state index contributed by atoms with van der Waals surface area (Å²) in [5.74, 6) is 0.923. The van der Waals surface area contributed by atoms with E-state index in [-0.39, 0.29) is 0 Å². The number of halogens is 2. The molecule has 0 N–H and O–H groups in total. The van der Waals surface area contributed by atoms with Crippen LogP contribution >= 0.6 is 27.5 Å². The molecule has 3 heteroatoms. The molecule has 0 radical (unpaired) electrons. The number of piperidine rings is 1. The molecule has 0 aromatic heterocycles. The lowest BCUT2D eigenvalue weighted by molar-refractivity contribution is 0.553. The fraction of sp³-hybridized carbons (Fsp3) is 0.538. The van der Waals surface area contributed by atoms with Crippen molar-refractivity contribution in [2.24, 2.45) is 5.92 Å². The van der Waals surface area contributed by atoms with E-state index >= 15 is 0 Å². The van der Waals surface area contributed by atoms with Crippen LogP contribution < -0.4 is 4.90 Å². The van der Waals surface area contributed by atoms with E-state index in [1.165, 1.54) is 37.1 Å². The molecule has 0 spiro atoms. The molecule has 1 aromatic rings. The van der Waals surface area contributed by atoms with Gasteiger partial charge in [-0.3, -0.25) is 0 Å².